The maximum absolute atomic E-state index is 12.7. The highest BCUT2D eigenvalue weighted by molar-refractivity contribution is 6.30. The molecule has 0 aliphatic heterocycles. The van der Waals surface area contributed by atoms with Gasteiger partial charge in [-0.1, -0.05) is 11.6 Å². The molecule has 0 saturated heterocycles. The van der Waals surface area contributed by atoms with Crippen LogP contribution in [0.1, 0.15) is 18.0 Å². The quantitative estimate of drug-likeness (QED) is 0.739. The van der Waals surface area contributed by atoms with E-state index in [0.717, 1.165) is 6.20 Å². The second-order valence-corrected chi connectivity index (χ2v) is 2.86. The molecule has 0 aliphatic rings. The van der Waals surface area contributed by atoms with Crippen molar-refractivity contribution >= 4 is 11.6 Å². The van der Waals surface area contributed by atoms with Crippen molar-refractivity contribution in [2.75, 3.05) is 0 Å². The standard InChI is InChI=1S/C8H7ClFN3/c9-8-6(7(12)1-2-11)3-5(10)4-13-8/h3-4,7H,1,12H2. The van der Waals surface area contributed by atoms with Crippen LogP contribution in [-0.4, -0.2) is 4.98 Å². The van der Waals surface area contributed by atoms with Gasteiger partial charge in [-0.25, -0.2) is 9.37 Å². The van der Waals surface area contributed by atoms with Crippen molar-refractivity contribution in [3.05, 3.63) is 28.8 Å². The number of pyridine rings is 1. The Balaban J connectivity index is 3.00. The predicted octanol–water partition coefficient (Wildman–Crippen LogP) is 1.79. The maximum Gasteiger partial charge on any atom is 0.141 e. The Morgan fingerprint density at radius 1 is 1.77 bits per heavy atom. The summed E-state index contributed by atoms with van der Waals surface area (Å²) in [5.41, 5.74) is 5.93. The van der Waals surface area contributed by atoms with E-state index in [1.807, 2.05) is 6.07 Å². The van der Waals surface area contributed by atoms with E-state index >= 15 is 0 Å². The largest absolute Gasteiger partial charge is 0.323 e. The molecule has 0 aliphatic carbocycles. The highest BCUT2D eigenvalue weighted by Crippen LogP contribution is 2.21. The molecule has 1 atom stereocenters. The van der Waals surface area contributed by atoms with Crippen molar-refractivity contribution in [1.29, 1.82) is 5.26 Å². The van der Waals surface area contributed by atoms with Gasteiger partial charge >= 0.3 is 0 Å². The molecule has 0 saturated carbocycles. The number of aromatic nitrogens is 1. The van der Waals surface area contributed by atoms with Gasteiger partial charge in [0.2, 0.25) is 0 Å². The van der Waals surface area contributed by atoms with Crippen LogP contribution in [0.5, 0.6) is 0 Å². The van der Waals surface area contributed by atoms with Crippen LogP contribution in [0.2, 0.25) is 5.15 Å². The fraction of sp³-hybridized carbons (Fsp3) is 0.250. The van der Waals surface area contributed by atoms with Gasteiger partial charge in [0.1, 0.15) is 11.0 Å². The summed E-state index contributed by atoms with van der Waals surface area (Å²) in [6, 6.07) is 2.49. The fourth-order valence-electron chi connectivity index (χ4n) is 0.907. The van der Waals surface area contributed by atoms with Crippen LogP contribution >= 0.6 is 11.6 Å². The van der Waals surface area contributed by atoms with Crippen molar-refractivity contribution in [1.82, 2.24) is 4.98 Å². The van der Waals surface area contributed by atoms with Crippen LogP contribution in [0, 0.1) is 17.1 Å². The highest BCUT2D eigenvalue weighted by Gasteiger charge is 2.11. The molecule has 0 spiro atoms. The molecular formula is C8H7ClFN3. The molecular weight excluding hydrogens is 193 g/mol. The van der Waals surface area contributed by atoms with Crippen LogP contribution in [0.4, 0.5) is 4.39 Å². The lowest BCUT2D eigenvalue weighted by molar-refractivity contribution is 0.612. The molecule has 68 valence electrons. The molecule has 1 unspecified atom stereocenters. The number of hydrogen-bond donors (Lipinski definition) is 1. The van der Waals surface area contributed by atoms with E-state index in [1.54, 1.807) is 0 Å². The van der Waals surface area contributed by atoms with Crippen molar-refractivity contribution < 1.29 is 4.39 Å². The fourth-order valence-corrected chi connectivity index (χ4v) is 1.15. The summed E-state index contributed by atoms with van der Waals surface area (Å²) in [5, 5.41) is 8.51. The Morgan fingerprint density at radius 2 is 2.46 bits per heavy atom. The lowest BCUT2D eigenvalue weighted by Gasteiger charge is -2.08. The van der Waals surface area contributed by atoms with Crippen LogP contribution < -0.4 is 5.73 Å². The van der Waals surface area contributed by atoms with Crippen LogP contribution in [-0.2, 0) is 0 Å². The smallest absolute Gasteiger partial charge is 0.141 e. The van der Waals surface area contributed by atoms with E-state index < -0.39 is 11.9 Å². The Kier molecular flexibility index (Phi) is 3.18. The SMILES string of the molecule is N#CCC(N)c1cc(F)cnc1Cl. The number of hydrogen-bond acceptors (Lipinski definition) is 3. The van der Waals surface area contributed by atoms with Gasteiger partial charge < -0.3 is 5.73 Å². The van der Waals surface area contributed by atoms with E-state index in [2.05, 4.69) is 4.98 Å². The van der Waals surface area contributed by atoms with Gasteiger partial charge in [0.05, 0.1) is 18.7 Å². The summed E-state index contributed by atoms with van der Waals surface area (Å²) in [6.07, 6.45) is 1.09. The molecule has 0 bridgehead atoms. The van der Waals surface area contributed by atoms with Crippen molar-refractivity contribution in [3.63, 3.8) is 0 Å². The van der Waals surface area contributed by atoms with Gasteiger partial charge in [-0.3, -0.25) is 0 Å². The van der Waals surface area contributed by atoms with Crippen molar-refractivity contribution in [2.24, 2.45) is 5.73 Å². The lowest BCUT2D eigenvalue weighted by atomic mass is 10.1. The summed E-state index contributed by atoms with van der Waals surface area (Å²) in [4.78, 5) is 3.58. The summed E-state index contributed by atoms with van der Waals surface area (Å²) < 4.78 is 12.7. The Morgan fingerprint density at radius 3 is 3.08 bits per heavy atom. The molecule has 13 heavy (non-hydrogen) atoms. The summed E-state index contributed by atoms with van der Waals surface area (Å²) >= 11 is 5.66. The molecule has 3 nitrogen and oxygen atoms in total. The monoisotopic (exact) mass is 199 g/mol. The molecule has 0 radical (unpaired) electrons. The van der Waals surface area contributed by atoms with Gasteiger partial charge in [0, 0.05) is 11.6 Å². The lowest BCUT2D eigenvalue weighted by Crippen LogP contribution is -2.10. The van der Waals surface area contributed by atoms with Gasteiger partial charge in [0.15, 0.2) is 0 Å². The van der Waals surface area contributed by atoms with Gasteiger partial charge in [-0.2, -0.15) is 5.26 Å². The summed E-state index contributed by atoms with van der Waals surface area (Å²) in [7, 11) is 0. The zero-order valence-electron chi connectivity index (χ0n) is 6.67. The minimum atomic E-state index is -0.583. The second-order valence-electron chi connectivity index (χ2n) is 2.50. The number of nitrogens with two attached hydrogens (primary N) is 1. The third-order valence-electron chi connectivity index (χ3n) is 1.54. The topological polar surface area (TPSA) is 62.7 Å². The summed E-state index contributed by atoms with van der Waals surface area (Å²) in [5.74, 6) is -0.507. The third kappa shape index (κ3) is 2.38. The van der Waals surface area contributed by atoms with E-state index in [-0.39, 0.29) is 11.6 Å². The first-order valence-electron chi connectivity index (χ1n) is 3.58. The molecule has 1 aromatic heterocycles. The maximum atomic E-state index is 12.7. The number of nitriles is 1. The zero-order valence-corrected chi connectivity index (χ0v) is 7.42. The third-order valence-corrected chi connectivity index (χ3v) is 1.86. The number of nitrogens with zero attached hydrogens (tertiary/aromatic N) is 2. The Hall–Kier alpha value is -1.18. The van der Waals surface area contributed by atoms with Crippen molar-refractivity contribution in [2.45, 2.75) is 12.5 Å². The van der Waals surface area contributed by atoms with E-state index in [4.69, 9.17) is 22.6 Å². The Labute approximate surface area is 79.9 Å². The van der Waals surface area contributed by atoms with Crippen LogP contribution in [0.15, 0.2) is 12.3 Å². The van der Waals surface area contributed by atoms with Gasteiger partial charge in [-0.15, -0.1) is 0 Å². The normalized spacial score (nSPS) is 12.2. The van der Waals surface area contributed by atoms with Gasteiger partial charge in [0.25, 0.3) is 0 Å². The molecule has 1 heterocycles. The first kappa shape index (κ1) is 9.90. The van der Waals surface area contributed by atoms with Gasteiger partial charge in [-0.05, 0) is 6.07 Å². The highest BCUT2D eigenvalue weighted by atomic mass is 35.5. The first-order valence-corrected chi connectivity index (χ1v) is 3.96. The average molecular weight is 200 g/mol. The van der Waals surface area contributed by atoms with E-state index in [0.29, 0.717) is 5.56 Å². The number of halogens is 2. The minimum absolute atomic E-state index is 0.0881. The molecule has 2 N–H and O–H groups in total. The zero-order chi connectivity index (χ0) is 9.84. The Bertz CT molecular complexity index is 348. The molecule has 1 rings (SSSR count). The molecule has 0 fully saturated rings. The molecule has 5 heteroatoms. The van der Waals surface area contributed by atoms with Crippen LogP contribution in [0.3, 0.4) is 0 Å². The average Bonchev–Trinajstić information content (AvgIpc) is 2.09. The van der Waals surface area contributed by atoms with E-state index in [1.165, 1.54) is 6.07 Å². The minimum Gasteiger partial charge on any atom is -0.323 e. The van der Waals surface area contributed by atoms with Crippen molar-refractivity contribution in [3.8, 4) is 6.07 Å². The second kappa shape index (κ2) is 4.17. The number of rotatable bonds is 2. The molecule has 0 amide bonds. The predicted molar refractivity (Wildman–Crippen MR) is 46.4 cm³/mol. The molecule has 1 aromatic rings. The van der Waals surface area contributed by atoms with Crippen LogP contribution in [0.25, 0.3) is 0 Å². The van der Waals surface area contributed by atoms with E-state index in [9.17, 15) is 4.39 Å². The first-order chi connectivity index (χ1) is 6.15. The molecule has 0 aromatic carbocycles. The summed E-state index contributed by atoms with van der Waals surface area (Å²) in [6.45, 7) is 0.